The van der Waals surface area contributed by atoms with Gasteiger partial charge in [0, 0.05) is 18.8 Å². The van der Waals surface area contributed by atoms with Crippen LogP contribution >= 0.6 is 0 Å². The molecule has 0 atom stereocenters. The van der Waals surface area contributed by atoms with Crippen LogP contribution in [0.3, 0.4) is 0 Å². The number of alkyl halides is 3. The Balaban J connectivity index is 2.21. The second kappa shape index (κ2) is 6.81. The van der Waals surface area contributed by atoms with Crippen molar-refractivity contribution in [3.05, 3.63) is 65.5 Å². The molecule has 0 N–H and O–H groups in total. The first-order valence-electron chi connectivity index (χ1n) is 7.17. The minimum absolute atomic E-state index is 0.0926. The van der Waals surface area contributed by atoms with Crippen molar-refractivity contribution in [2.75, 3.05) is 0 Å². The molecule has 1 amide bonds. The van der Waals surface area contributed by atoms with Crippen molar-refractivity contribution in [1.82, 2.24) is 9.88 Å². The Hall–Kier alpha value is -2.37. The summed E-state index contributed by atoms with van der Waals surface area (Å²) in [6.45, 7) is 4.11. The zero-order valence-corrected chi connectivity index (χ0v) is 12.8. The van der Waals surface area contributed by atoms with Crippen molar-refractivity contribution in [3.8, 4) is 0 Å². The zero-order chi connectivity index (χ0) is 17.0. The first-order chi connectivity index (χ1) is 10.8. The van der Waals surface area contributed by atoms with Gasteiger partial charge in [-0.1, -0.05) is 30.3 Å². The van der Waals surface area contributed by atoms with Crippen molar-refractivity contribution < 1.29 is 18.0 Å². The summed E-state index contributed by atoms with van der Waals surface area (Å²) in [6.07, 6.45) is -3.53. The van der Waals surface area contributed by atoms with Crippen LogP contribution in [0, 0.1) is 0 Å². The lowest BCUT2D eigenvalue weighted by Gasteiger charge is -2.27. The average Bonchev–Trinajstić information content (AvgIpc) is 2.52. The van der Waals surface area contributed by atoms with Gasteiger partial charge in [0.2, 0.25) is 0 Å². The second-order valence-electron chi connectivity index (χ2n) is 5.44. The Morgan fingerprint density at radius 1 is 1.13 bits per heavy atom. The highest BCUT2D eigenvalue weighted by molar-refractivity contribution is 5.94. The van der Waals surface area contributed by atoms with Crippen molar-refractivity contribution in [2.24, 2.45) is 0 Å². The molecule has 0 unspecified atom stereocenters. The summed E-state index contributed by atoms with van der Waals surface area (Å²) in [7, 11) is 0. The molecule has 0 spiro atoms. The van der Waals surface area contributed by atoms with Crippen LogP contribution in [0.25, 0.3) is 0 Å². The van der Waals surface area contributed by atoms with Crippen LogP contribution in [-0.4, -0.2) is 21.8 Å². The molecule has 0 bridgehead atoms. The maximum absolute atomic E-state index is 12.6. The molecule has 2 aromatic rings. The molecular formula is C17H17F3N2O. The number of carbonyl (C=O) groups excluding carboxylic acids is 1. The van der Waals surface area contributed by atoms with Crippen LogP contribution in [0.5, 0.6) is 0 Å². The van der Waals surface area contributed by atoms with Crippen LogP contribution < -0.4 is 0 Å². The van der Waals surface area contributed by atoms with E-state index >= 15 is 0 Å². The summed E-state index contributed by atoms with van der Waals surface area (Å²) < 4.78 is 37.6. The van der Waals surface area contributed by atoms with Gasteiger partial charge in [0.1, 0.15) is 5.69 Å². The quantitative estimate of drug-likeness (QED) is 0.847. The number of benzene rings is 1. The van der Waals surface area contributed by atoms with Crippen LogP contribution in [0.2, 0.25) is 0 Å². The topological polar surface area (TPSA) is 33.2 Å². The number of hydrogen-bond donors (Lipinski definition) is 0. The fourth-order valence-electron chi connectivity index (χ4n) is 2.12. The molecule has 0 fully saturated rings. The Morgan fingerprint density at radius 2 is 1.78 bits per heavy atom. The van der Waals surface area contributed by atoms with Crippen LogP contribution in [0.15, 0.2) is 48.7 Å². The summed E-state index contributed by atoms with van der Waals surface area (Å²) in [5, 5.41) is 0. The lowest BCUT2D eigenvalue weighted by atomic mass is 10.1. The molecule has 0 aliphatic carbocycles. The fraction of sp³-hybridized carbons (Fsp3) is 0.294. The second-order valence-corrected chi connectivity index (χ2v) is 5.44. The van der Waals surface area contributed by atoms with Gasteiger partial charge < -0.3 is 4.90 Å². The van der Waals surface area contributed by atoms with E-state index in [-0.39, 0.29) is 17.5 Å². The van der Waals surface area contributed by atoms with Gasteiger partial charge in [-0.05, 0) is 31.5 Å². The highest BCUT2D eigenvalue weighted by Crippen LogP contribution is 2.27. The van der Waals surface area contributed by atoms with Gasteiger partial charge >= 0.3 is 6.18 Å². The summed E-state index contributed by atoms with van der Waals surface area (Å²) in [4.78, 5) is 17.5. The summed E-state index contributed by atoms with van der Waals surface area (Å²) in [5.74, 6) is -0.343. The number of carbonyl (C=O) groups is 1. The van der Waals surface area contributed by atoms with E-state index in [4.69, 9.17) is 0 Å². The number of rotatable bonds is 4. The van der Waals surface area contributed by atoms with E-state index in [0.29, 0.717) is 6.54 Å². The predicted octanol–water partition coefficient (Wildman–Crippen LogP) is 4.15. The number of hydrogen-bond acceptors (Lipinski definition) is 2. The third-order valence-electron chi connectivity index (χ3n) is 3.38. The fourth-order valence-corrected chi connectivity index (χ4v) is 2.12. The highest BCUT2D eigenvalue weighted by atomic mass is 19.4. The van der Waals surface area contributed by atoms with E-state index in [1.54, 1.807) is 4.90 Å². The van der Waals surface area contributed by atoms with Gasteiger partial charge in [0.05, 0.1) is 5.56 Å². The van der Waals surface area contributed by atoms with Crippen molar-refractivity contribution >= 4 is 5.91 Å². The molecule has 0 aliphatic rings. The number of pyridine rings is 1. The van der Waals surface area contributed by atoms with E-state index in [2.05, 4.69) is 4.98 Å². The van der Waals surface area contributed by atoms with E-state index in [9.17, 15) is 18.0 Å². The van der Waals surface area contributed by atoms with Crippen molar-refractivity contribution in [2.45, 2.75) is 32.6 Å². The van der Waals surface area contributed by atoms with E-state index in [1.165, 1.54) is 6.07 Å². The van der Waals surface area contributed by atoms with E-state index in [0.717, 1.165) is 17.8 Å². The van der Waals surface area contributed by atoms with E-state index in [1.807, 2.05) is 44.2 Å². The van der Waals surface area contributed by atoms with Gasteiger partial charge in [0.15, 0.2) is 0 Å². The molecule has 1 aromatic heterocycles. The Labute approximate surface area is 132 Å². The summed E-state index contributed by atoms with van der Waals surface area (Å²) >= 11 is 0. The number of amides is 1. The molecule has 1 heterocycles. The molecule has 0 radical (unpaired) electrons. The maximum atomic E-state index is 12.6. The van der Waals surface area contributed by atoms with Gasteiger partial charge in [0.25, 0.3) is 5.91 Å². The molecule has 0 aliphatic heterocycles. The monoisotopic (exact) mass is 322 g/mol. The number of halogens is 3. The summed E-state index contributed by atoms with van der Waals surface area (Å²) in [5.41, 5.74) is 0.0882. The van der Waals surface area contributed by atoms with Gasteiger partial charge in [-0.2, -0.15) is 13.2 Å². The van der Waals surface area contributed by atoms with Crippen LogP contribution in [-0.2, 0) is 12.7 Å². The first-order valence-corrected chi connectivity index (χ1v) is 7.17. The third kappa shape index (κ3) is 4.31. The lowest BCUT2D eigenvalue weighted by Crippen LogP contribution is -2.36. The number of nitrogens with zero attached hydrogens (tertiary/aromatic N) is 2. The first kappa shape index (κ1) is 17.0. The largest absolute Gasteiger partial charge is 0.433 e. The minimum atomic E-state index is -4.51. The maximum Gasteiger partial charge on any atom is 0.433 e. The Kier molecular flexibility index (Phi) is 5.03. The summed E-state index contributed by atoms with van der Waals surface area (Å²) in [6, 6.07) is 11.3. The predicted molar refractivity (Wildman–Crippen MR) is 80.7 cm³/mol. The molecule has 6 heteroatoms. The molecule has 0 saturated carbocycles. The highest BCUT2D eigenvalue weighted by Gasteiger charge is 2.32. The standard InChI is InChI=1S/C17H17F3N2O/c1-12(2)22(11-13-6-4-3-5-7-13)16(23)14-8-9-15(21-10-14)17(18,19)20/h3-10,12H,11H2,1-2H3. The van der Waals surface area contributed by atoms with Crippen LogP contribution in [0.4, 0.5) is 13.2 Å². The van der Waals surface area contributed by atoms with Crippen molar-refractivity contribution in [3.63, 3.8) is 0 Å². The third-order valence-corrected chi connectivity index (χ3v) is 3.38. The molecule has 3 nitrogen and oxygen atoms in total. The lowest BCUT2D eigenvalue weighted by molar-refractivity contribution is -0.141. The smallest absolute Gasteiger partial charge is 0.332 e. The minimum Gasteiger partial charge on any atom is -0.332 e. The molecule has 0 saturated heterocycles. The van der Waals surface area contributed by atoms with Gasteiger partial charge in [-0.25, -0.2) is 0 Å². The normalized spacial score (nSPS) is 11.6. The molecule has 23 heavy (non-hydrogen) atoms. The Morgan fingerprint density at radius 3 is 2.26 bits per heavy atom. The molecule has 122 valence electrons. The van der Waals surface area contributed by atoms with Crippen molar-refractivity contribution in [1.29, 1.82) is 0 Å². The zero-order valence-electron chi connectivity index (χ0n) is 12.8. The Bertz CT molecular complexity index is 652. The molecule has 1 aromatic carbocycles. The molecule has 2 rings (SSSR count). The van der Waals surface area contributed by atoms with Gasteiger partial charge in [-0.15, -0.1) is 0 Å². The average molecular weight is 322 g/mol. The van der Waals surface area contributed by atoms with Gasteiger partial charge in [-0.3, -0.25) is 9.78 Å². The van der Waals surface area contributed by atoms with Crippen LogP contribution in [0.1, 0.15) is 35.5 Å². The molecular weight excluding hydrogens is 305 g/mol. The number of aromatic nitrogens is 1. The van der Waals surface area contributed by atoms with E-state index < -0.39 is 11.9 Å². The SMILES string of the molecule is CC(C)N(Cc1ccccc1)C(=O)c1ccc(C(F)(F)F)nc1.